The third-order valence-corrected chi connectivity index (χ3v) is 3.03. The normalized spacial score (nSPS) is 10.0. The molecule has 16 heavy (non-hydrogen) atoms. The molecule has 1 heterocycles. The summed E-state index contributed by atoms with van der Waals surface area (Å²) in [5.41, 5.74) is 1.05. The fraction of sp³-hybridized carbons (Fsp3) is 0.0909. The van der Waals surface area contributed by atoms with Gasteiger partial charge < -0.3 is 10.4 Å². The highest BCUT2D eigenvalue weighted by molar-refractivity contribution is 7.15. The van der Waals surface area contributed by atoms with Gasteiger partial charge in [0.1, 0.15) is 5.01 Å². The summed E-state index contributed by atoms with van der Waals surface area (Å²) >= 11 is 1.49. The smallest absolute Gasteiger partial charge is 0.404 e. The summed E-state index contributed by atoms with van der Waals surface area (Å²) in [7, 11) is 0. The van der Waals surface area contributed by atoms with Crippen LogP contribution >= 0.6 is 11.3 Å². The first-order valence-corrected chi connectivity index (χ1v) is 5.54. The van der Waals surface area contributed by atoms with Crippen LogP contribution < -0.4 is 5.32 Å². The van der Waals surface area contributed by atoms with Crippen molar-refractivity contribution in [1.82, 2.24) is 10.3 Å². The van der Waals surface area contributed by atoms with Gasteiger partial charge in [-0.2, -0.15) is 0 Å². The largest absolute Gasteiger partial charge is 0.465 e. The highest BCUT2D eigenvalue weighted by atomic mass is 32.1. The number of hydrogen-bond donors (Lipinski definition) is 2. The van der Waals surface area contributed by atoms with E-state index >= 15 is 0 Å². The Balaban J connectivity index is 2.11. The van der Waals surface area contributed by atoms with Crippen LogP contribution in [0.2, 0.25) is 0 Å². The van der Waals surface area contributed by atoms with Crippen LogP contribution in [0.15, 0.2) is 36.5 Å². The second-order valence-corrected chi connectivity index (χ2v) is 4.27. The molecule has 0 saturated carbocycles. The first-order chi connectivity index (χ1) is 7.75. The van der Waals surface area contributed by atoms with E-state index in [4.69, 9.17) is 5.11 Å². The summed E-state index contributed by atoms with van der Waals surface area (Å²) in [6.07, 6.45) is 0.679. The first kappa shape index (κ1) is 10.6. The lowest BCUT2D eigenvalue weighted by molar-refractivity contribution is 0.194. The lowest BCUT2D eigenvalue weighted by Crippen LogP contribution is -2.19. The van der Waals surface area contributed by atoms with E-state index < -0.39 is 6.09 Å². The average molecular weight is 234 g/mol. The molecule has 0 saturated heterocycles. The SMILES string of the molecule is O=C(O)NCc1cnc(-c2ccccc2)s1. The molecule has 0 spiro atoms. The van der Waals surface area contributed by atoms with Gasteiger partial charge in [0.2, 0.25) is 0 Å². The lowest BCUT2D eigenvalue weighted by atomic mass is 10.2. The zero-order valence-electron chi connectivity index (χ0n) is 8.38. The second kappa shape index (κ2) is 4.76. The Bertz CT molecular complexity index is 482. The quantitative estimate of drug-likeness (QED) is 0.858. The van der Waals surface area contributed by atoms with Gasteiger partial charge in [-0.3, -0.25) is 0 Å². The van der Waals surface area contributed by atoms with Crippen molar-refractivity contribution in [3.8, 4) is 10.6 Å². The molecule has 0 bridgehead atoms. The molecule has 2 N–H and O–H groups in total. The molecule has 0 aliphatic carbocycles. The number of aromatic nitrogens is 1. The van der Waals surface area contributed by atoms with Gasteiger partial charge in [0.05, 0.1) is 6.54 Å². The zero-order chi connectivity index (χ0) is 11.4. The monoisotopic (exact) mass is 234 g/mol. The van der Waals surface area contributed by atoms with Gasteiger partial charge >= 0.3 is 6.09 Å². The topological polar surface area (TPSA) is 62.2 Å². The number of amides is 1. The standard InChI is InChI=1S/C11H10N2O2S/c14-11(15)13-7-9-6-12-10(16-9)8-4-2-1-3-5-8/h1-6,13H,7H2,(H,14,15). The molecule has 2 aromatic rings. The van der Waals surface area contributed by atoms with Gasteiger partial charge in [-0.15, -0.1) is 11.3 Å². The van der Waals surface area contributed by atoms with Gasteiger partial charge in [-0.1, -0.05) is 30.3 Å². The Morgan fingerprint density at radius 1 is 1.38 bits per heavy atom. The molecule has 0 atom stereocenters. The molecule has 5 heteroatoms. The third kappa shape index (κ3) is 2.58. The Morgan fingerprint density at radius 2 is 2.12 bits per heavy atom. The summed E-state index contributed by atoms with van der Waals surface area (Å²) in [6, 6.07) is 9.81. The van der Waals surface area contributed by atoms with E-state index in [1.54, 1.807) is 6.20 Å². The Morgan fingerprint density at radius 3 is 2.81 bits per heavy atom. The maximum atomic E-state index is 10.3. The first-order valence-electron chi connectivity index (χ1n) is 4.72. The van der Waals surface area contributed by atoms with E-state index in [1.165, 1.54) is 11.3 Å². The van der Waals surface area contributed by atoms with E-state index in [2.05, 4.69) is 10.3 Å². The van der Waals surface area contributed by atoms with Gasteiger partial charge in [-0.05, 0) is 0 Å². The number of thiazole rings is 1. The number of nitrogens with one attached hydrogen (secondary N) is 1. The predicted molar refractivity (Wildman–Crippen MR) is 62.4 cm³/mol. The number of carboxylic acid groups (broad SMARTS) is 1. The maximum absolute atomic E-state index is 10.3. The number of hydrogen-bond acceptors (Lipinski definition) is 3. The van der Waals surface area contributed by atoms with E-state index in [1.807, 2.05) is 30.3 Å². The minimum Gasteiger partial charge on any atom is -0.465 e. The fourth-order valence-corrected chi connectivity index (χ4v) is 2.12. The summed E-state index contributed by atoms with van der Waals surface area (Å²) in [5, 5.41) is 11.7. The fourth-order valence-electron chi connectivity index (χ4n) is 1.27. The molecule has 82 valence electrons. The highest BCUT2D eigenvalue weighted by Crippen LogP contribution is 2.24. The predicted octanol–water partition coefficient (Wildman–Crippen LogP) is 2.58. The Kier molecular flexibility index (Phi) is 3.16. The van der Waals surface area contributed by atoms with Crippen LogP contribution in [0.1, 0.15) is 4.88 Å². The van der Waals surface area contributed by atoms with E-state index in [0.29, 0.717) is 6.54 Å². The number of carbonyl (C=O) groups is 1. The van der Waals surface area contributed by atoms with Crippen LogP contribution in [0.3, 0.4) is 0 Å². The number of nitrogens with zero attached hydrogens (tertiary/aromatic N) is 1. The van der Waals surface area contributed by atoms with E-state index in [0.717, 1.165) is 15.4 Å². The minimum absolute atomic E-state index is 0.305. The molecule has 0 radical (unpaired) electrons. The highest BCUT2D eigenvalue weighted by Gasteiger charge is 2.04. The van der Waals surface area contributed by atoms with Crippen molar-refractivity contribution < 1.29 is 9.90 Å². The average Bonchev–Trinajstić information content (AvgIpc) is 2.76. The molecule has 0 aliphatic rings. The molecule has 0 aliphatic heterocycles. The van der Waals surface area contributed by atoms with Crippen LogP contribution in [0, 0.1) is 0 Å². The van der Waals surface area contributed by atoms with Crippen molar-refractivity contribution in [2.75, 3.05) is 0 Å². The van der Waals surface area contributed by atoms with E-state index in [-0.39, 0.29) is 0 Å². The lowest BCUT2D eigenvalue weighted by Gasteiger charge is -1.95. The molecular weight excluding hydrogens is 224 g/mol. The van der Waals surface area contributed by atoms with Gasteiger partial charge in [0, 0.05) is 16.6 Å². The van der Waals surface area contributed by atoms with E-state index in [9.17, 15) is 4.79 Å². The van der Waals surface area contributed by atoms with Crippen LogP contribution in [0.25, 0.3) is 10.6 Å². The Hall–Kier alpha value is -1.88. The van der Waals surface area contributed by atoms with Gasteiger partial charge in [0.25, 0.3) is 0 Å². The number of benzene rings is 1. The summed E-state index contributed by atoms with van der Waals surface area (Å²) in [4.78, 5) is 15.5. The van der Waals surface area contributed by atoms with Crippen molar-refractivity contribution in [2.45, 2.75) is 6.54 Å². The molecule has 1 aromatic carbocycles. The molecule has 4 nitrogen and oxygen atoms in total. The molecule has 1 aromatic heterocycles. The van der Waals surface area contributed by atoms with Gasteiger partial charge in [0.15, 0.2) is 0 Å². The molecule has 0 fully saturated rings. The van der Waals surface area contributed by atoms with Crippen molar-refractivity contribution in [3.63, 3.8) is 0 Å². The van der Waals surface area contributed by atoms with Crippen molar-refractivity contribution in [2.24, 2.45) is 0 Å². The van der Waals surface area contributed by atoms with Crippen molar-refractivity contribution >= 4 is 17.4 Å². The zero-order valence-corrected chi connectivity index (χ0v) is 9.20. The molecular formula is C11H10N2O2S. The molecule has 2 rings (SSSR count). The molecule has 1 amide bonds. The Labute approximate surface area is 96.6 Å². The van der Waals surface area contributed by atoms with Crippen molar-refractivity contribution in [3.05, 3.63) is 41.4 Å². The second-order valence-electron chi connectivity index (χ2n) is 3.16. The van der Waals surface area contributed by atoms with Crippen LogP contribution in [-0.4, -0.2) is 16.2 Å². The summed E-state index contributed by atoms with van der Waals surface area (Å²) < 4.78 is 0. The molecule has 0 unspecified atom stereocenters. The maximum Gasteiger partial charge on any atom is 0.404 e. The number of rotatable bonds is 3. The minimum atomic E-state index is -1.02. The van der Waals surface area contributed by atoms with Crippen LogP contribution in [0.4, 0.5) is 4.79 Å². The summed E-state index contributed by atoms with van der Waals surface area (Å²) in [6.45, 7) is 0.305. The van der Waals surface area contributed by atoms with Gasteiger partial charge in [-0.25, -0.2) is 9.78 Å². The van der Waals surface area contributed by atoms with Crippen molar-refractivity contribution in [1.29, 1.82) is 0 Å². The van der Waals surface area contributed by atoms with Crippen LogP contribution in [-0.2, 0) is 6.54 Å². The summed E-state index contributed by atoms with van der Waals surface area (Å²) in [5.74, 6) is 0. The third-order valence-electron chi connectivity index (χ3n) is 1.99. The van der Waals surface area contributed by atoms with Crippen LogP contribution in [0.5, 0.6) is 0 Å².